The monoisotopic (exact) mass is 618 g/mol. The van der Waals surface area contributed by atoms with Gasteiger partial charge in [-0.1, -0.05) is 11.3 Å². The van der Waals surface area contributed by atoms with Crippen molar-refractivity contribution in [3.63, 3.8) is 0 Å². The molecule has 2 aliphatic rings. The molecule has 1 aromatic heterocycles. The van der Waals surface area contributed by atoms with Gasteiger partial charge in [0.05, 0.1) is 22.7 Å². The van der Waals surface area contributed by atoms with E-state index in [2.05, 4.69) is 0 Å². The van der Waals surface area contributed by atoms with Crippen LogP contribution in [0, 0.1) is 0 Å². The van der Waals surface area contributed by atoms with Gasteiger partial charge in [0, 0.05) is 50.3 Å². The highest BCUT2D eigenvalue weighted by Gasteiger charge is 2.39. The summed E-state index contributed by atoms with van der Waals surface area (Å²) in [5, 5.41) is 0.759. The Balaban J connectivity index is 1.46. The zero-order valence-electron chi connectivity index (χ0n) is 23.4. The Kier molecular flexibility index (Phi) is 8.52. The molecule has 0 bridgehead atoms. The molecule has 2 aromatic rings. The Morgan fingerprint density at radius 3 is 2.29 bits per heavy atom. The quantitative estimate of drug-likeness (QED) is 0.492. The lowest BCUT2D eigenvalue weighted by atomic mass is 10.1. The average molecular weight is 619 g/mol. The minimum Gasteiger partial charge on any atom is -0.480 e. The number of carbonyl (C=O) groups excluding carboxylic acids is 2. The number of carbonyl (C=O) groups is 2. The van der Waals surface area contributed by atoms with Crippen molar-refractivity contribution in [3.8, 4) is 5.75 Å². The number of halogens is 3. The first-order valence-electron chi connectivity index (χ1n) is 13.0. The summed E-state index contributed by atoms with van der Waals surface area (Å²) in [4.78, 5) is 36.6. The van der Waals surface area contributed by atoms with Crippen LogP contribution in [0.2, 0.25) is 0 Å². The van der Waals surface area contributed by atoms with Gasteiger partial charge in [-0.15, -0.1) is 0 Å². The molecule has 0 unspecified atom stereocenters. The molecule has 0 aliphatic carbocycles. The highest BCUT2D eigenvalue weighted by atomic mass is 32.2. The van der Waals surface area contributed by atoms with Crippen LogP contribution in [0.15, 0.2) is 23.1 Å². The van der Waals surface area contributed by atoms with Gasteiger partial charge in [0.2, 0.25) is 0 Å². The number of alkyl halides is 3. The van der Waals surface area contributed by atoms with Crippen molar-refractivity contribution in [1.29, 1.82) is 0 Å². The van der Waals surface area contributed by atoms with E-state index >= 15 is 0 Å². The highest BCUT2D eigenvalue weighted by molar-refractivity contribution is 7.90. The smallest absolute Gasteiger partial charge is 0.425 e. The highest BCUT2D eigenvalue weighted by Crippen LogP contribution is 2.33. The lowest BCUT2D eigenvalue weighted by molar-refractivity contribution is -0.189. The maximum atomic E-state index is 13.4. The Morgan fingerprint density at radius 2 is 1.71 bits per heavy atom. The Labute approximate surface area is 240 Å². The third kappa shape index (κ3) is 7.42. The van der Waals surface area contributed by atoms with Crippen LogP contribution < -0.4 is 9.64 Å². The van der Waals surface area contributed by atoms with Gasteiger partial charge < -0.3 is 24.2 Å². The Hall–Kier alpha value is -3.07. The zero-order valence-corrected chi connectivity index (χ0v) is 25.1. The van der Waals surface area contributed by atoms with E-state index in [1.54, 1.807) is 4.90 Å². The van der Waals surface area contributed by atoms with Gasteiger partial charge in [-0.05, 0) is 45.9 Å². The van der Waals surface area contributed by atoms with Crippen molar-refractivity contribution < 1.29 is 40.7 Å². The molecular formula is C26H33F3N4O6S2. The van der Waals surface area contributed by atoms with E-state index in [-0.39, 0.29) is 35.4 Å². The van der Waals surface area contributed by atoms with Crippen LogP contribution in [0.25, 0.3) is 0 Å². The number of ether oxygens (including phenoxy) is 2. The van der Waals surface area contributed by atoms with Crippen LogP contribution in [0.1, 0.15) is 48.6 Å². The molecule has 4 rings (SSSR count). The third-order valence-corrected chi connectivity index (χ3v) is 8.84. The first-order valence-corrected chi connectivity index (χ1v) is 15.7. The molecule has 15 heteroatoms. The summed E-state index contributed by atoms with van der Waals surface area (Å²) in [5.74, 6) is -0.956. The second kappa shape index (κ2) is 11.3. The summed E-state index contributed by atoms with van der Waals surface area (Å²) in [6, 6.07) is 3.27. The van der Waals surface area contributed by atoms with Gasteiger partial charge >= 0.3 is 12.3 Å². The normalized spacial score (nSPS) is 17.2. The Morgan fingerprint density at radius 1 is 1.05 bits per heavy atom. The SMILES string of the molecule is C[C@H](Oc1ccc(S(C)(=O)=O)cc1C(=O)N1CCN(c2nc3c(s2)CN(C(=O)OC(C)(C)C)CC3)CC1)C(F)(F)F. The predicted molar refractivity (Wildman–Crippen MR) is 146 cm³/mol. The number of sulfone groups is 1. The second-order valence-corrected chi connectivity index (χ2v) is 14.1. The van der Waals surface area contributed by atoms with E-state index in [0.717, 1.165) is 47.1 Å². The van der Waals surface area contributed by atoms with Crippen LogP contribution in [0.3, 0.4) is 0 Å². The van der Waals surface area contributed by atoms with Crippen molar-refractivity contribution in [2.75, 3.05) is 43.9 Å². The maximum absolute atomic E-state index is 13.4. The minimum absolute atomic E-state index is 0.194. The first-order chi connectivity index (χ1) is 18.9. The molecular weight excluding hydrogens is 585 g/mol. The van der Waals surface area contributed by atoms with Crippen LogP contribution >= 0.6 is 11.3 Å². The summed E-state index contributed by atoms with van der Waals surface area (Å²) in [7, 11) is -3.72. The molecule has 226 valence electrons. The molecule has 41 heavy (non-hydrogen) atoms. The maximum Gasteiger partial charge on any atom is 0.425 e. The van der Waals surface area contributed by atoms with Crippen molar-refractivity contribution in [2.45, 2.75) is 63.4 Å². The van der Waals surface area contributed by atoms with Gasteiger partial charge in [-0.2, -0.15) is 13.2 Å². The molecule has 0 radical (unpaired) electrons. The fourth-order valence-electron chi connectivity index (χ4n) is 4.34. The fraction of sp³-hybridized carbons (Fsp3) is 0.577. The van der Waals surface area contributed by atoms with E-state index in [1.165, 1.54) is 16.2 Å². The van der Waals surface area contributed by atoms with Crippen molar-refractivity contribution in [2.24, 2.45) is 0 Å². The number of hydrogen-bond donors (Lipinski definition) is 0. The number of nitrogens with zero attached hydrogens (tertiary/aromatic N) is 4. The average Bonchev–Trinajstić information content (AvgIpc) is 3.30. The summed E-state index contributed by atoms with van der Waals surface area (Å²) in [6.07, 6.45) is -5.69. The number of piperazine rings is 1. The van der Waals surface area contributed by atoms with E-state index in [4.69, 9.17) is 14.5 Å². The molecule has 0 N–H and O–H groups in total. The predicted octanol–water partition coefficient (Wildman–Crippen LogP) is 4.13. The number of hydrogen-bond acceptors (Lipinski definition) is 9. The Bertz CT molecular complexity index is 1410. The lowest BCUT2D eigenvalue weighted by Crippen LogP contribution is -2.49. The number of amides is 2. The molecule has 1 atom stereocenters. The van der Waals surface area contributed by atoms with Crippen LogP contribution in [-0.2, 0) is 27.5 Å². The zero-order chi connectivity index (χ0) is 30.3. The lowest BCUT2D eigenvalue weighted by Gasteiger charge is -2.35. The van der Waals surface area contributed by atoms with Gasteiger partial charge in [0.15, 0.2) is 21.1 Å². The van der Waals surface area contributed by atoms with Crippen molar-refractivity contribution in [3.05, 3.63) is 34.3 Å². The number of benzene rings is 1. The van der Waals surface area contributed by atoms with Crippen molar-refractivity contribution >= 4 is 38.3 Å². The molecule has 1 saturated heterocycles. The summed E-state index contributed by atoms with van der Waals surface area (Å²) >= 11 is 1.47. The number of fused-ring (bicyclic) bond motifs is 1. The number of thiazole rings is 1. The van der Waals surface area contributed by atoms with E-state index in [9.17, 15) is 31.2 Å². The summed E-state index contributed by atoms with van der Waals surface area (Å²) in [6.45, 7) is 8.46. The molecule has 1 fully saturated rings. The summed E-state index contributed by atoms with van der Waals surface area (Å²) in [5.41, 5.74) is 0.0778. The summed E-state index contributed by atoms with van der Waals surface area (Å²) < 4.78 is 74.2. The van der Waals surface area contributed by atoms with Gasteiger partial charge in [-0.25, -0.2) is 18.2 Å². The number of rotatable bonds is 5. The number of anilines is 1. The topological polar surface area (TPSA) is 109 Å². The third-order valence-electron chi connectivity index (χ3n) is 6.58. The van der Waals surface area contributed by atoms with E-state index in [0.29, 0.717) is 32.6 Å². The second-order valence-electron chi connectivity index (χ2n) is 11.0. The van der Waals surface area contributed by atoms with Gasteiger partial charge in [0.25, 0.3) is 5.91 Å². The van der Waals surface area contributed by atoms with Gasteiger partial charge in [0.1, 0.15) is 11.4 Å². The molecule has 2 amide bonds. The number of aromatic nitrogens is 1. The molecule has 2 aliphatic heterocycles. The standard InChI is InChI=1S/C26H33F3N4O6S2/c1-16(26(27,28)29)38-20-7-6-17(41(5,36)37)14-18(20)22(34)31-10-12-32(13-11-31)23-30-19-8-9-33(15-21(19)40-23)24(35)39-25(2,3)4/h6-7,14,16H,8-13,15H2,1-5H3/t16-/m0/s1. The van der Waals surface area contributed by atoms with Crippen LogP contribution in [0.5, 0.6) is 5.75 Å². The van der Waals surface area contributed by atoms with Gasteiger partial charge in [-0.3, -0.25) is 4.79 Å². The molecule has 0 spiro atoms. The van der Waals surface area contributed by atoms with E-state index in [1.807, 2.05) is 25.7 Å². The first kappa shape index (κ1) is 30.9. The molecule has 10 nitrogen and oxygen atoms in total. The minimum atomic E-state index is -4.67. The van der Waals surface area contributed by atoms with Crippen molar-refractivity contribution in [1.82, 2.24) is 14.8 Å². The van der Waals surface area contributed by atoms with Crippen LogP contribution in [0.4, 0.5) is 23.1 Å². The van der Waals surface area contributed by atoms with E-state index < -0.39 is 33.6 Å². The molecule has 1 aromatic carbocycles. The van der Waals surface area contributed by atoms with Crippen LogP contribution in [-0.4, -0.2) is 92.1 Å². The largest absolute Gasteiger partial charge is 0.480 e. The molecule has 0 saturated carbocycles. The fourth-order valence-corrected chi connectivity index (χ4v) is 6.16. The molecule has 3 heterocycles.